The van der Waals surface area contributed by atoms with Gasteiger partial charge in [-0.3, -0.25) is 30.0 Å². The van der Waals surface area contributed by atoms with E-state index in [1.165, 1.54) is 43.5 Å². The second kappa shape index (κ2) is 7.66. The molecule has 1 atom stereocenters. The maximum absolute atomic E-state index is 12.7. The van der Waals surface area contributed by atoms with Crippen molar-refractivity contribution in [1.29, 1.82) is 0 Å². The fraction of sp³-hybridized carbons (Fsp3) is 0.111. The number of rotatable bonds is 5. The normalized spacial score (nSPS) is 17.0. The largest absolute Gasteiger partial charge is 0.497 e. The van der Waals surface area contributed by atoms with E-state index >= 15 is 0 Å². The molecule has 1 fully saturated rings. The summed E-state index contributed by atoms with van der Waals surface area (Å²) in [6.45, 7) is 0. The highest BCUT2D eigenvalue weighted by atomic mass is 16.6. The number of ether oxygens (including phenoxy) is 1. The fourth-order valence-electron chi connectivity index (χ4n) is 2.56. The SMILES string of the molecule is COc1cccc(N2C(=O)NC(=O)[C@H](C=Nc3cccc([N+](=O)[O-])c3)C2=O)c1. The Kier molecular flexibility index (Phi) is 5.12. The van der Waals surface area contributed by atoms with Crippen LogP contribution < -0.4 is 15.0 Å². The maximum atomic E-state index is 12.7. The monoisotopic (exact) mass is 382 g/mol. The first-order valence-electron chi connectivity index (χ1n) is 8.02. The van der Waals surface area contributed by atoms with Crippen molar-refractivity contribution in [3.05, 3.63) is 58.6 Å². The summed E-state index contributed by atoms with van der Waals surface area (Å²) in [6.07, 6.45) is 1.05. The lowest BCUT2D eigenvalue weighted by atomic mass is 10.1. The van der Waals surface area contributed by atoms with E-state index in [-0.39, 0.29) is 17.1 Å². The Hall–Kier alpha value is -4.08. The topological polar surface area (TPSA) is 131 Å². The summed E-state index contributed by atoms with van der Waals surface area (Å²) in [6, 6.07) is 10.8. The first-order valence-corrected chi connectivity index (χ1v) is 8.02. The molecule has 1 N–H and O–H groups in total. The molecule has 0 bridgehead atoms. The van der Waals surface area contributed by atoms with Crippen LogP contribution in [0.1, 0.15) is 0 Å². The van der Waals surface area contributed by atoms with Crippen LogP contribution >= 0.6 is 0 Å². The molecule has 0 aromatic heterocycles. The van der Waals surface area contributed by atoms with E-state index in [1.807, 2.05) is 0 Å². The van der Waals surface area contributed by atoms with Crippen LogP contribution in [0.25, 0.3) is 0 Å². The number of nitrogens with zero attached hydrogens (tertiary/aromatic N) is 3. The number of barbiturate groups is 1. The number of hydrogen-bond acceptors (Lipinski definition) is 7. The lowest BCUT2D eigenvalue weighted by Gasteiger charge is -2.28. The number of amides is 4. The van der Waals surface area contributed by atoms with Gasteiger partial charge in [-0.1, -0.05) is 12.1 Å². The van der Waals surface area contributed by atoms with Gasteiger partial charge in [0.1, 0.15) is 5.75 Å². The molecule has 1 heterocycles. The van der Waals surface area contributed by atoms with Crippen molar-refractivity contribution in [3.8, 4) is 5.75 Å². The Morgan fingerprint density at radius 2 is 1.93 bits per heavy atom. The van der Waals surface area contributed by atoms with Crippen LogP contribution in [-0.4, -0.2) is 36.1 Å². The molecule has 0 radical (unpaired) electrons. The number of benzene rings is 2. The molecule has 1 saturated heterocycles. The third-order valence-electron chi connectivity index (χ3n) is 3.93. The van der Waals surface area contributed by atoms with Crippen molar-refractivity contribution < 1.29 is 24.0 Å². The second-order valence-corrected chi connectivity index (χ2v) is 5.70. The van der Waals surface area contributed by atoms with E-state index in [9.17, 15) is 24.5 Å². The van der Waals surface area contributed by atoms with E-state index in [0.29, 0.717) is 5.75 Å². The van der Waals surface area contributed by atoms with Gasteiger partial charge in [0.05, 0.1) is 23.4 Å². The molecular formula is C18H14N4O6. The van der Waals surface area contributed by atoms with Gasteiger partial charge in [0.2, 0.25) is 5.91 Å². The predicted octanol–water partition coefficient (Wildman–Crippen LogP) is 2.20. The van der Waals surface area contributed by atoms with E-state index in [4.69, 9.17) is 4.74 Å². The number of imide groups is 2. The Balaban J connectivity index is 1.89. The van der Waals surface area contributed by atoms with Gasteiger partial charge in [-0.05, 0) is 18.2 Å². The summed E-state index contributed by atoms with van der Waals surface area (Å²) < 4.78 is 5.08. The molecule has 0 unspecified atom stereocenters. The number of non-ortho nitro benzene ring substituents is 1. The van der Waals surface area contributed by atoms with Gasteiger partial charge in [0, 0.05) is 24.4 Å². The number of hydrogen-bond donors (Lipinski definition) is 1. The van der Waals surface area contributed by atoms with Crippen molar-refractivity contribution >= 4 is 41.1 Å². The van der Waals surface area contributed by atoms with Crippen LogP contribution in [0.15, 0.2) is 53.5 Å². The predicted molar refractivity (Wildman–Crippen MR) is 98.8 cm³/mol. The van der Waals surface area contributed by atoms with E-state index < -0.39 is 28.7 Å². The maximum Gasteiger partial charge on any atom is 0.335 e. The number of carbonyl (C=O) groups is 3. The van der Waals surface area contributed by atoms with Gasteiger partial charge in [0.25, 0.3) is 11.6 Å². The second-order valence-electron chi connectivity index (χ2n) is 5.70. The highest BCUT2D eigenvalue weighted by Crippen LogP contribution is 2.25. The molecule has 2 aromatic rings. The minimum absolute atomic E-state index is 0.178. The zero-order chi connectivity index (χ0) is 20.3. The van der Waals surface area contributed by atoms with Crippen LogP contribution in [0.4, 0.5) is 21.9 Å². The van der Waals surface area contributed by atoms with E-state index in [0.717, 1.165) is 11.1 Å². The molecule has 1 aliphatic rings. The molecule has 1 aliphatic heterocycles. The van der Waals surface area contributed by atoms with Crippen LogP contribution in [0.5, 0.6) is 5.75 Å². The van der Waals surface area contributed by atoms with Gasteiger partial charge in [-0.2, -0.15) is 0 Å². The minimum atomic E-state index is -1.37. The van der Waals surface area contributed by atoms with Gasteiger partial charge in [-0.25, -0.2) is 9.69 Å². The molecule has 28 heavy (non-hydrogen) atoms. The number of methoxy groups -OCH3 is 1. The summed E-state index contributed by atoms with van der Waals surface area (Å²) in [5, 5.41) is 12.9. The number of carbonyl (C=O) groups excluding carboxylic acids is 3. The Morgan fingerprint density at radius 1 is 1.18 bits per heavy atom. The van der Waals surface area contributed by atoms with Gasteiger partial charge in [-0.15, -0.1) is 0 Å². The van der Waals surface area contributed by atoms with E-state index in [2.05, 4.69) is 10.3 Å². The molecule has 2 aromatic carbocycles. The molecular weight excluding hydrogens is 368 g/mol. The smallest absolute Gasteiger partial charge is 0.335 e. The van der Waals surface area contributed by atoms with Crippen LogP contribution in [0.2, 0.25) is 0 Å². The van der Waals surface area contributed by atoms with Crippen LogP contribution in [0.3, 0.4) is 0 Å². The number of anilines is 1. The van der Waals surface area contributed by atoms with Gasteiger partial charge in [0.15, 0.2) is 5.92 Å². The Labute approximate surface area is 158 Å². The molecule has 10 nitrogen and oxygen atoms in total. The van der Waals surface area contributed by atoms with Crippen LogP contribution in [0, 0.1) is 16.0 Å². The van der Waals surface area contributed by atoms with Gasteiger partial charge < -0.3 is 4.74 Å². The zero-order valence-corrected chi connectivity index (χ0v) is 14.6. The molecule has 0 spiro atoms. The Morgan fingerprint density at radius 3 is 2.64 bits per heavy atom. The number of urea groups is 1. The first kappa shape index (κ1) is 18.7. The molecule has 10 heteroatoms. The zero-order valence-electron chi connectivity index (χ0n) is 14.6. The highest BCUT2D eigenvalue weighted by molar-refractivity contribution is 6.32. The summed E-state index contributed by atoms with van der Waals surface area (Å²) in [5.41, 5.74) is 0.241. The molecule has 4 amide bonds. The van der Waals surface area contributed by atoms with Gasteiger partial charge >= 0.3 is 6.03 Å². The van der Waals surface area contributed by atoms with Crippen molar-refractivity contribution in [1.82, 2.24) is 5.32 Å². The Bertz CT molecular complexity index is 1000. The minimum Gasteiger partial charge on any atom is -0.497 e. The summed E-state index contributed by atoms with van der Waals surface area (Å²) in [4.78, 5) is 52.1. The third-order valence-corrected chi connectivity index (χ3v) is 3.93. The van der Waals surface area contributed by atoms with Crippen molar-refractivity contribution in [2.45, 2.75) is 0 Å². The summed E-state index contributed by atoms with van der Waals surface area (Å²) in [5.74, 6) is -2.57. The summed E-state index contributed by atoms with van der Waals surface area (Å²) in [7, 11) is 1.44. The standard InChI is InChI=1S/C18H14N4O6/c1-28-14-7-3-5-12(9-14)21-17(24)15(16(23)20-18(21)25)10-19-11-4-2-6-13(8-11)22(26)27/h2-10,15H,1H3,(H,20,23,25)/t15-/m0/s1. The van der Waals surface area contributed by atoms with Crippen molar-refractivity contribution in [2.75, 3.05) is 12.0 Å². The number of nitro benzene ring substituents is 1. The quantitative estimate of drug-likeness (QED) is 0.365. The number of aliphatic imine (C=N–C) groups is 1. The molecule has 3 rings (SSSR count). The van der Waals surface area contributed by atoms with Crippen molar-refractivity contribution in [2.24, 2.45) is 10.9 Å². The van der Waals surface area contributed by atoms with Crippen LogP contribution in [-0.2, 0) is 9.59 Å². The average molecular weight is 382 g/mol. The third kappa shape index (κ3) is 3.70. The van der Waals surface area contributed by atoms with E-state index in [1.54, 1.807) is 12.1 Å². The lowest BCUT2D eigenvalue weighted by molar-refractivity contribution is -0.384. The first-order chi connectivity index (χ1) is 13.4. The molecule has 0 saturated carbocycles. The number of nitrogens with one attached hydrogen (secondary N) is 1. The number of nitro groups is 1. The summed E-state index contributed by atoms with van der Waals surface area (Å²) >= 11 is 0. The molecule has 0 aliphatic carbocycles. The highest BCUT2D eigenvalue weighted by Gasteiger charge is 2.40. The fourth-order valence-corrected chi connectivity index (χ4v) is 2.56. The lowest BCUT2D eigenvalue weighted by Crippen LogP contribution is -2.58. The molecule has 142 valence electrons. The van der Waals surface area contributed by atoms with Crippen molar-refractivity contribution in [3.63, 3.8) is 0 Å². The average Bonchev–Trinajstić information content (AvgIpc) is 2.68.